The molecule has 8 heavy (non-hydrogen) atoms. The van der Waals surface area contributed by atoms with E-state index in [0.717, 1.165) is 6.08 Å². The van der Waals surface area contributed by atoms with E-state index >= 15 is 0 Å². The van der Waals surface area contributed by atoms with Crippen LogP contribution >= 0.6 is 0 Å². The van der Waals surface area contributed by atoms with Gasteiger partial charge in [0.05, 0.1) is 0 Å². The van der Waals surface area contributed by atoms with Gasteiger partial charge in [0.1, 0.15) is 0 Å². The fraction of sp³-hybridized carbons (Fsp3) is 0.200. The summed E-state index contributed by atoms with van der Waals surface area (Å²) in [5.74, 6) is -1.08. The van der Waals surface area contributed by atoms with Gasteiger partial charge in [-0.15, -0.1) is 0 Å². The number of carboxylic acid groups (broad SMARTS) is 1. The van der Waals surface area contributed by atoms with Gasteiger partial charge in [0.25, 0.3) is 0 Å². The molecule has 1 aliphatic carbocycles. The summed E-state index contributed by atoms with van der Waals surface area (Å²) in [4.78, 5) is 20.0. The lowest BCUT2D eigenvalue weighted by molar-refractivity contribution is -0.134. The smallest absolute Gasteiger partial charge is 0.332 e. The lowest BCUT2D eigenvalue weighted by Crippen LogP contribution is -2.15. The van der Waals surface area contributed by atoms with Crippen molar-refractivity contribution < 1.29 is 14.7 Å². The van der Waals surface area contributed by atoms with E-state index < -0.39 is 5.97 Å². The van der Waals surface area contributed by atoms with Crippen LogP contribution in [0.3, 0.4) is 0 Å². The molecule has 0 unspecified atom stereocenters. The number of carboxylic acids is 1. The largest absolute Gasteiger partial charge is 0.478 e. The Morgan fingerprint density at radius 3 is 2.38 bits per heavy atom. The van der Waals surface area contributed by atoms with Gasteiger partial charge >= 0.3 is 5.97 Å². The molecule has 0 bridgehead atoms. The highest BCUT2D eigenvalue weighted by atomic mass is 16.4. The lowest BCUT2D eigenvalue weighted by atomic mass is 9.98. The first kappa shape index (κ1) is 5.03. The van der Waals surface area contributed by atoms with Crippen LogP contribution in [0.5, 0.6) is 0 Å². The second-order valence-electron chi connectivity index (χ2n) is 1.62. The van der Waals surface area contributed by atoms with Crippen molar-refractivity contribution in [3.05, 3.63) is 11.6 Å². The first-order valence-electron chi connectivity index (χ1n) is 2.17. The highest BCUT2D eigenvalue weighted by molar-refractivity contribution is 6.10. The molecule has 0 aliphatic heterocycles. The Morgan fingerprint density at radius 1 is 1.75 bits per heavy atom. The van der Waals surface area contributed by atoms with Gasteiger partial charge < -0.3 is 5.11 Å². The van der Waals surface area contributed by atoms with Crippen LogP contribution in [0.15, 0.2) is 11.6 Å². The monoisotopic (exact) mass is 112 g/mol. The van der Waals surface area contributed by atoms with E-state index in [1.54, 1.807) is 0 Å². The summed E-state index contributed by atoms with van der Waals surface area (Å²) < 4.78 is 0. The molecule has 0 aromatic carbocycles. The molecular weight excluding hydrogens is 108 g/mol. The van der Waals surface area contributed by atoms with Crippen molar-refractivity contribution in [1.82, 2.24) is 0 Å². The molecular formula is C5H4O3. The summed E-state index contributed by atoms with van der Waals surface area (Å²) in [6, 6.07) is 0. The van der Waals surface area contributed by atoms with Gasteiger partial charge in [-0.1, -0.05) is 0 Å². The molecule has 3 heteroatoms. The molecule has 1 rings (SSSR count). The fourth-order valence-electron chi connectivity index (χ4n) is 0.490. The van der Waals surface area contributed by atoms with Crippen molar-refractivity contribution in [1.29, 1.82) is 0 Å². The molecule has 0 saturated carbocycles. The van der Waals surface area contributed by atoms with Gasteiger partial charge in [-0.3, -0.25) is 4.79 Å². The van der Waals surface area contributed by atoms with Crippen molar-refractivity contribution in [2.75, 3.05) is 0 Å². The number of rotatable bonds is 1. The van der Waals surface area contributed by atoms with E-state index in [4.69, 9.17) is 5.11 Å². The molecule has 1 aliphatic rings. The minimum Gasteiger partial charge on any atom is -0.478 e. The van der Waals surface area contributed by atoms with Crippen LogP contribution in [0.4, 0.5) is 0 Å². The first-order chi connectivity index (χ1) is 3.70. The second kappa shape index (κ2) is 1.43. The van der Waals surface area contributed by atoms with E-state index in [-0.39, 0.29) is 17.8 Å². The normalized spacial score (nSPS) is 17.0. The Morgan fingerprint density at radius 2 is 2.25 bits per heavy atom. The quantitative estimate of drug-likeness (QED) is 0.518. The third-order valence-corrected chi connectivity index (χ3v) is 0.975. The van der Waals surface area contributed by atoms with Crippen molar-refractivity contribution in [3.8, 4) is 0 Å². The SMILES string of the molecule is O=C1C=C(C(=O)O)C1. The van der Waals surface area contributed by atoms with E-state index in [2.05, 4.69) is 0 Å². The molecule has 0 saturated heterocycles. The molecule has 0 aromatic rings. The van der Waals surface area contributed by atoms with Crippen LogP contribution < -0.4 is 0 Å². The lowest BCUT2D eigenvalue weighted by Gasteiger charge is -2.05. The topological polar surface area (TPSA) is 54.4 Å². The molecule has 0 spiro atoms. The zero-order valence-electron chi connectivity index (χ0n) is 4.05. The van der Waals surface area contributed by atoms with Crippen molar-refractivity contribution >= 4 is 11.8 Å². The highest BCUT2D eigenvalue weighted by Crippen LogP contribution is 2.13. The predicted molar refractivity (Wildman–Crippen MR) is 25.3 cm³/mol. The molecule has 42 valence electrons. The van der Waals surface area contributed by atoms with E-state index in [9.17, 15) is 9.59 Å². The maximum Gasteiger partial charge on any atom is 0.332 e. The Hall–Kier alpha value is -1.12. The van der Waals surface area contributed by atoms with Gasteiger partial charge in [0.2, 0.25) is 0 Å². The zero-order valence-corrected chi connectivity index (χ0v) is 4.05. The number of hydrogen-bond acceptors (Lipinski definition) is 2. The van der Waals surface area contributed by atoms with Crippen molar-refractivity contribution in [2.24, 2.45) is 0 Å². The van der Waals surface area contributed by atoms with Crippen LogP contribution in [-0.2, 0) is 9.59 Å². The number of ketones is 1. The third-order valence-electron chi connectivity index (χ3n) is 0.975. The predicted octanol–water partition coefficient (Wildman–Crippen LogP) is -0.0298. The minimum absolute atomic E-state index is 0.0950. The highest BCUT2D eigenvalue weighted by Gasteiger charge is 2.20. The van der Waals surface area contributed by atoms with Gasteiger partial charge in [-0.05, 0) is 6.08 Å². The first-order valence-corrected chi connectivity index (χ1v) is 2.17. The van der Waals surface area contributed by atoms with Crippen molar-refractivity contribution in [3.63, 3.8) is 0 Å². The minimum atomic E-state index is -0.982. The Kier molecular flexibility index (Phi) is 0.901. The summed E-state index contributed by atoms with van der Waals surface area (Å²) in [6.45, 7) is 0. The number of hydrogen-bond donors (Lipinski definition) is 1. The van der Waals surface area contributed by atoms with Gasteiger partial charge in [-0.2, -0.15) is 0 Å². The number of allylic oxidation sites excluding steroid dienone is 1. The number of carbonyl (C=O) groups excluding carboxylic acids is 1. The van der Waals surface area contributed by atoms with E-state index in [0.29, 0.717) is 0 Å². The van der Waals surface area contributed by atoms with Crippen LogP contribution in [-0.4, -0.2) is 16.9 Å². The summed E-state index contributed by atoms with van der Waals surface area (Å²) in [7, 11) is 0. The maximum atomic E-state index is 10.1. The van der Waals surface area contributed by atoms with Gasteiger partial charge in [0.15, 0.2) is 5.78 Å². The van der Waals surface area contributed by atoms with Crippen molar-refractivity contribution in [2.45, 2.75) is 6.42 Å². The third kappa shape index (κ3) is 0.621. The Labute approximate surface area is 45.6 Å². The molecule has 0 fully saturated rings. The molecule has 0 aromatic heterocycles. The molecule has 0 radical (unpaired) electrons. The van der Waals surface area contributed by atoms with Crippen LogP contribution in [0.1, 0.15) is 6.42 Å². The average molecular weight is 112 g/mol. The standard InChI is InChI=1S/C5H4O3/c6-4-1-3(2-4)5(7)8/h1H,2H2,(H,7,8). The van der Waals surface area contributed by atoms with Crippen LogP contribution in [0.25, 0.3) is 0 Å². The molecule has 0 heterocycles. The van der Waals surface area contributed by atoms with Gasteiger partial charge in [0, 0.05) is 12.0 Å². The van der Waals surface area contributed by atoms with Crippen LogP contribution in [0.2, 0.25) is 0 Å². The number of carbonyl (C=O) groups is 2. The number of aliphatic carboxylic acids is 1. The average Bonchev–Trinajstić information content (AvgIpc) is 1.57. The molecule has 3 nitrogen and oxygen atoms in total. The summed E-state index contributed by atoms with van der Waals surface area (Å²) in [5, 5.41) is 8.13. The Bertz CT molecular complexity index is 178. The summed E-state index contributed by atoms with van der Waals surface area (Å²) in [6.07, 6.45) is 1.25. The van der Waals surface area contributed by atoms with Gasteiger partial charge in [-0.25, -0.2) is 4.79 Å². The fourth-order valence-corrected chi connectivity index (χ4v) is 0.490. The van der Waals surface area contributed by atoms with Crippen LogP contribution in [0, 0.1) is 0 Å². The maximum absolute atomic E-state index is 10.1. The Balaban J connectivity index is 2.68. The van der Waals surface area contributed by atoms with E-state index in [1.165, 1.54) is 0 Å². The van der Waals surface area contributed by atoms with E-state index in [1.807, 2.05) is 0 Å². The molecule has 0 atom stereocenters. The molecule has 1 N–H and O–H groups in total. The molecule has 0 amide bonds. The summed E-state index contributed by atoms with van der Waals surface area (Å²) >= 11 is 0. The second-order valence-corrected chi connectivity index (χ2v) is 1.62. The summed E-state index contributed by atoms with van der Waals surface area (Å²) in [5.41, 5.74) is 0.218. The zero-order chi connectivity index (χ0) is 6.15.